The standard InChI is InChI=1S/C19H31N3O4/c1-13(2)19(6,12-20-17(24)26-18(3,4)5)22-16(23)21-14-8-10-15(25-7)11-9-14/h8-11,13H,12H2,1-7H3,(H,20,24)(H2,21,22,23)/t19-/m0/s1. The van der Waals surface area contributed by atoms with Crippen LogP contribution in [0.3, 0.4) is 0 Å². The summed E-state index contributed by atoms with van der Waals surface area (Å²) in [7, 11) is 1.58. The molecule has 7 nitrogen and oxygen atoms in total. The van der Waals surface area contributed by atoms with E-state index in [9.17, 15) is 9.59 Å². The molecule has 0 unspecified atom stereocenters. The monoisotopic (exact) mass is 365 g/mol. The van der Waals surface area contributed by atoms with Crippen LogP contribution >= 0.6 is 0 Å². The molecule has 1 atom stereocenters. The molecule has 3 N–H and O–H groups in total. The highest BCUT2D eigenvalue weighted by Crippen LogP contribution is 2.18. The van der Waals surface area contributed by atoms with Gasteiger partial charge in [-0.25, -0.2) is 9.59 Å². The van der Waals surface area contributed by atoms with Crippen molar-refractivity contribution in [2.75, 3.05) is 19.0 Å². The molecule has 0 aliphatic rings. The number of nitrogens with one attached hydrogen (secondary N) is 3. The van der Waals surface area contributed by atoms with Crippen LogP contribution in [0.15, 0.2) is 24.3 Å². The normalized spacial score (nSPS) is 13.5. The minimum absolute atomic E-state index is 0.0825. The average Bonchev–Trinajstić information content (AvgIpc) is 2.52. The Morgan fingerprint density at radius 2 is 1.65 bits per heavy atom. The number of hydrogen-bond donors (Lipinski definition) is 3. The van der Waals surface area contributed by atoms with Crippen molar-refractivity contribution in [2.45, 2.75) is 52.7 Å². The van der Waals surface area contributed by atoms with Gasteiger partial charge in [0.1, 0.15) is 11.4 Å². The topological polar surface area (TPSA) is 88.7 Å². The number of hydrogen-bond acceptors (Lipinski definition) is 4. The van der Waals surface area contributed by atoms with E-state index in [1.165, 1.54) is 0 Å². The van der Waals surface area contributed by atoms with E-state index in [0.717, 1.165) is 0 Å². The molecule has 1 aromatic carbocycles. The van der Waals surface area contributed by atoms with Gasteiger partial charge in [-0.3, -0.25) is 0 Å². The number of carbonyl (C=O) groups is 2. The summed E-state index contributed by atoms with van der Waals surface area (Å²) in [6.07, 6.45) is -0.512. The predicted molar refractivity (Wildman–Crippen MR) is 103 cm³/mol. The third kappa shape index (κ3) is 7.21. The summed E-state index contributed by atoms with van der Waals surface area (Å²) >= 11 is 0. The smallest absolute Gasteiger partial charge is 0.407 e. The molecule has 0 aromatic heterocycles. The fourth-order valence-corrected chi connectivity index (χ4v) is 2.06. The summed E-state index contributed by atoms with van der Waals surface area (Å²) in [5, 5.41) is 8.44. The van der Waals surface area contributed by atoms with Gasteiger partial charge in [-0.2, -0.15) is 0 Å². The molecule has 3 amide bonds. The summed E-state index contributed by atoms with van der Waals surface area (Å²) in [5.41, 5.74) is -0.570. The fraction of sp³-hybridized carbons (Fsp3) is 0.579. The highest BCUT2D eigenvalue weighted by Gasteiger charge is 2.31. The minimum Gasteiger partial charge on any atom is -0.497 e. The number of methoxy groups -OCH3 is 1. The molecule has 0 aliphatic carbocycles. The van der Waals surface area contributed by atoms with Crippen molar-refractivity contribution in [3.8, 4) is 5.75 Å². The number of ether oxygens (including phenoxy) is 2. The van der Waals surface area contributed by atoms with Crippen molar-refractivity contribution in [1.29, 1.82) is 0 Å². The Balaban J connectivity index is 2.66. The van der Waals surface area contributed by atoms with Crippen LogP contribution in [0.25, 0.3) is 0 Å². The van der Waals surface area contributed by atoms with Crippen molar-refractivity contribution in [3.63, 3.8) is 0 Å². The Bertz CT molecular complexity index is 608. The molecule has 0 radical (unpaired) electrons. The van der Waals surface area contributed by atoms with Crippen molar-refractivity contribution in [1.82, 2.24) is 10.6 Å². The molecule has 0 spiro atoms. The zero-order valence-corrected chi connectivity index (χ0v) is 16.7. The van der Waals surface area contributed by atoms with Gasteiger partial charge in [-0.1, -0.05) is 13.8 Å². The Morgan fingerprint density at radius 3 is 2.12 bits per heavy atom. The first-order valence-electron chi connectivity index (χ1n) is 8.65. The number of rotatable bonds is 6. The molecule has 0 aliphatic heterocycles. The van der Waals surface area contributed by atoms with E-state index in [1.807, 2.05) is 20.8 Å². The lowest BCUT2D eigenvalue weighted by Crippen LogP contribution is -2.58. The van der Waals surface area contributed by atoms with Gasteiger partial charge in [0.15, 0.2) is 0 Å². The third-order valence-electron chi connectivity index (χ3n) is 4.02. The van der Waals surface area contributed by atoms with Gasteiger partial charge in [0, 0.05) is 12.2 Å². The van der Waals surface area contributed by atoms with E-state index >= 15 is 0 Å². The van der Waals surface area contributed by atoms with Gasteiger partial charge >= 0.3 is 12.1 Å². The van der Waals surface area contributed by atoms with Crippen LogP contribution in [0, 0.1) is 5.92 Å². The first-order valence-corrected chi connectivity index (χ1v) is 8.65. The predicted octanol–water partition coefficient (Wildman–Crippen LogP) is 3.76. The zero-order valence-electron chi connectivity index (χ0n) is 16.7. The molecule has 0 heterocycles. The molecule has 0 bridgehead atoms. The van der Waals surface area contributed by atoms with Gasteiger partial charge in [-0.15, -0.1) is 0 Å². The van der Waals surface area contributed by atoms with E-state index < -0.39 is 17.2 Å². The summed E-state index contributed by atoms with van der Waals surface area (Å²) < 4.78 is 10.3. The lowest BCUT2D eigenvalue weighted by Gasteiger charge is -2.35. The van der Waals surface area contributed by atoms with Crippen LogP contribution in [0.4, 0.5) is 15.3 Å². The fourth-order valence-electron chi connectivity index (χ4n) is 2.06. The van der Waals surface area contributed by atoms with Crippen LogP contribution < -0.4 is 20.7 Å². The highest BCUT2D eigenvalue weighted by atomic mass is 16.6. The second-order valence-electron chi connectivity index (χ2n) is 7.74. The number of amides is 3. The summed E-state index contributed by atoms with van der Waals surface area (Å²) in [4.78, 5) is 24.3. The lowest BCUT2D eigenvalue weighted by molar-refractivity contribution is 0.0505. The highest BCUT2D eigenvalue weighted by molar-refractivity contribution is 5.89. The molecule has 26 heavy (non-hydrogen) atoms. The van der Waals surface area contributed by atoms with Crippen LogP contribution in [-0.4, -0.2) is 36.9 Å². The quantitative estimate of drug-likeness (QED) is 0.716. The number of urea groups is 1. The first kappa shape index (κ1) is 21.6. The molecule has 0 saturated heterocycles. The second kappa shape index (κ2) is 8.78. The number of alkyl carbamates (subject to hydrolysis) is 1. The van der Waals surface area contributed by atoms with E-state index in [-0.39, 0.29) is 18.5 Å². The van der Waals surface area contributed by atoms with E-state index in [2.05, 4.69) is 16.0 Å². The van der Waals surface area contributed by atoms with Gasteiger partial charge in [0.2, 0.25) is 0 Å². The molecule has 1 rings (SSSR count). The maximum atomic E-state index is 12.4. The van der Waals surface area contributed by atoms with Gasteiger partial charge in [0.25, 0.3) is 0 Å². The van der Waals surface area contributed by atoms with Gasteiger partial charge in [0.05, 0.1) is 12.6 Å². The third-order valence-corrected chi connectivity index (χ3v) is 4.02. The molecular weight excluding hydrogens is 334 g/mol. The average molecular weight is 365 g/mol. The first-order chi connectivity index (χ1) is 11.9. The molecule has 0 fully saturated rings. The maximum absolute atomic E-state index is 12.4. The van der Waals surface area contributed by atoms with Crippen LogP contribution in [-0.2, 0) is 4.74 Å². The minimum atomic E-state index is -0.645. The zero-order chi connectivity index (χ0) is 20.0. The summed E-state index contributed by atoms with van der Waals surface area (Å²) in [5.74, 6) is 0.795. The number of carbonyl (C=O) groups excluding carboxylic acids is 2. The van der Waals surface area contributed by atoms with Crippen LogP contribution in [0.1, 0.15) is 41.5 Å². The van der Waals surface area contributed by atoms with E-state index in [1.54, 1.807) is 52.1 Å². The van der Waals surface area contributed by atoms with Crippen LogP contribution in [0.2, 0.25) is 0 Å². The molecule has 0 saturated carbocycles. The van der Waals surface area contributed by atoms with Crippen LogP contribution in [0.5, 0.6) is 5.75 Å². The lowest BCUT2D eigenvalue weighted by atomic mass is 9.88. The Labute approximate surface area is 155 Å². The van der Waals surface area contributed by atoms with E-state index in [4.69, 9.17) is 9.47 Å². The molecule has 146 valence electrons. The van der Waals surface area contributed by atoms with Crippen molar-refractivity contribution < 1.29 is 19.1 Å². The SMILES string of the molecule is COc1ccc(NC(=O)N[C@@](C)(CNC(=O)OC(C)(C)C)C(C)C)cc1. The largest absolute Gasteiger partial charge is 0.497 e. The van der Waals surface area contributed by atoms with Gasteiger partial charge < -0.3 is 25.4 Å². The molecule has 7 heteroatoms. The van der Waals surface area contributed by atoms with E-state index in [0.29, 0.717) is 11.4 Å². The maximum Gasteiger partial charge on any atom is 0.407 e. The number of anilines is 1. The Hall–Kier alpha value is -2.44. The molecular formula is C19H31N3O4. The van der Waals surface area contributed by atoms with Crippen molar-refractivity contribution in [3.05, 3.63) is 24.3 Å². The van der Waals surface area contributed by atoms with Crippen molar-refractivity contribution in [2.24, 2.45) is 5.92 Å². The molecule has 1 aromatic rings. The number of benzene rings is 1. The summed E-state index contributed by atoms with van der Waals surface area (Å²) in [6.45, 7) is 11.5. The summed E-state index contributed by atoms with van der Waals surface area (Å²) in [6, 6.07) is 6.69. The second-order valence-corrected chi connectivity index (χ2v) is 7.74. The van der Waals surface area contributed by atoms with Crippen molar-refractivity contribution >= 4 is 17.8 Å². The Morgan fingerprint density at radius 1 is 1.08 bits per heavy atom. The van der Waals surface area contributed by atoms with Gasteiger partial charge in [-0.05, 0) is 57.9 Å². The Kier molecular flexibility index (Phi) is 7.29.